The summed E-state index contributed by atoms with van der Waals surface area (Å²) in [6.45, 7) is 1.59. The van der Waals surface area contributed by atoms with E-state index in [1.807, 2.05) is 0 Å². The van der Waals surface area contributed by atoms with Gasteiger partial charge in [0.2, 0.25) is 5.82 Å². The summed E-state index contributed by atoms with van der Waals surface area (Å²) >= 11 is 0. The Labute approximate surface area is 82.5 Å². The number of aromatic nitrogens is 3. The highest BCUT2D eigenvalue weighted by Gasteiger charge is 2.37. The number of halogens is 3. The third-order valence-corrected chi connectivity index (χ3v) is 1.91. The number of nitrogens with zero attached hydrogens (tertiary/aromatic N) is 3. The third kappa shape index (κ3) is 1.49. The van der Waals surface area contributed by atoms with Crippen molar-refractivity contribution in [3.05, 3.63) is 23.7 Å². The summed E-state index contributed by atoms with van der Waals surface area (Å²) < 4.78 is 38.2. The minimum absolute atomic E-state index is 0.160. The van der Waals surface area contributed by atoms with Gasteiger partial charge in [0.15, 0.2) is 5.82 Å². The maximum Gasteiger partial charge on any atom is 0.451 e. The molecule has 0 atom stereocenters. The molecule has 7 heteroatoms. The molecule has 0 bridgehead atoms. The van der Waals surface area contributed by atoms with Crippen molar-refractivity contribution in [3.8, 4) is 0 Å². The largest absolute Gasteiger partial charge is 0.451 e. The Kier molecular flexibility index (Phi) is 1.85. The van der Waals surface area contributed by atoms with Crippen molar-refractivity contribution in [1.29, 1.82) is 0 Å². The lowest BCUT2D eigenvalue weighted by Crippen LogP contribution is -2.12. The summed E-state index contributed by atoms with van der Waals surface area (Å²) in [5.74, 6) is -1.27. The second kappa shape index (κ2) is 2.85. The van der Waals surface area contributed by atoms with Crippen molar-refractivity contribution >= 4 is 11.3 Å². The number of hydrogen-bond acceptors (Lipinski definition) is 3. The van der Waals surface area contributed by atoms with E-state index in [9.17, 15) is 13.2 Å². The van der Waals surface area contributed by atoms with Crippen LogP contribution in [0.4, 0.5) is 19.0 Å². The number of hydrogen-bond donors (Lipinski definition) is 1. The van der Waals surface area contributed by atoms with Crippen LogP contribution in [0.3, 0.4) is 0 Å². The van der Waals surface area contributed by atoms with Crippen molar-refractivity contribution in [2.45, 2.75) is 13.1 Å². The van der Waals surface area contributed by atoms with Crippen molar-refractivity contribution in [2.24, 2.45) is 0 Å². The van der Waals surface area contributed by atoms with E-state index in [1.165, 1.54) is 6.07 Å². The molecule has 0 spiro atoms. The van der Waals surface area contributed by atoms with Gasteiger partial charge in [0.25, 0.3) is 0 Å². The molecular formula is C8H7F3N4. The highest BCUT2D eigenvalue weighted by Crippen LogP contribution is 2.30. The van der Waals surface area contributed by atoms with Gasteiger partial charge in [-0.3, -0.25) is 0 Å². The molecule has 0 saturated carbocycles. The lowest BCUT2D eigenvalue weighted by atomic mass is 10.4. The first-order valence-corrected chi connectivity index (χ1v) is 4.08. The predicted octanol–water partition coefficient (Wildman–Crippen LogP) is 1.64. The Morgan fingerprint density at radius 1 is 1.33 bits per heavy atom. The van der Waals surface area contributed by atoms with Crippen LogP contribution in [0.15, 0.2) is 12.1 Å². The van der Waals surface area contributed by atoms with Gasteiger partial charge in [-0.05, 0) is 19.1 Å². The highest BCUT2D eigenvalue weighted by molar-refractivity contribution is 5.65. The fraction of sp³-hybridized carbons (Fsp3) is 0.250. The van der Waals surface area contributed by atoms with Gasteiger partial charge in [-0.25, -0.2) is 9.50 Å². The van der Waals surface area contributed by atoms with E-state index in [0.717, 1.165) is 0 Å². The molecule has 2 aromatic heterocycles. The Morgan fingerprint density at radius 3 is 2.60 bits per heavy atom. The smallest absolute Gasteiger partial charge is 0.382 e. The molecule has 15 heavy (non-hydrogen) atoms. The van der Waals surface area contributed by atoms with E-state index in [2.05, 4.69) is 10.1 Å². The van der Waals surface area contributed by atoms with Crippen LogP contribution in [-0.2, 0) is 6.18 Å². The molecule has 80 valence electrons. The van der Waals surface area contributed by atoms with Crippen molar-refractivity contribution in [1.82, 2.24) is 14.6 Å². The zero-order valence-electron chi connectivity index (χ0n) is 7.71. The van der Waals surface area contributed by atoms with E-state index in [-0.39, 0.29) is 11.3 Å². The van der Waals surface area contributed by atoms with Gasteiger partial charge in [0.1, 0.15) is 5.52 Å². The third-order valence-electron chi connectivity index (χ3n) is 1.91. The summed E-state index contributed by atoms with van der Waals surface area (Å²) in [6, 6.07) is 3.04. The first kappa shape index (κ1) is 9.75. The SMILES string of the molecule is Cc1ccc2c(N)nc(C(F)(F)F)n2n1. The Bertz CT molecular complexity index is 514. The average Bonchev–Trinajstić information content (AvgIpc) is 2.42. The van der Waals surface area contributed by atoms with Crippen LogP contribution in [0.25, 0.3) is 5.52 Å². The van der Waals surface area contributed by atoms with E-state index in [4.69, 9.17) is 5.73 Å². The molecule has 0 aromatic carbocycles. The van der Waals surface area contributed by atoms with Crippen LogP contribution >= 0.6 is 0 Å². The van der Waals surface area contributed by atoms with Gasteiger partial charge in [-0.1, -0.05) is 0 Å². The number of aryl methyl sites for hydroxylation is 1. The highest BCUT2D eigenvalue weighted by atomic mass is 19.4. The van der Waals surface area contributed by atoms with E-state index >= 15 is 0 Å². The second-order valence-electron chi connectivity index (χ2n) is 3.09. The van der Waals surface area contributed by atoms with E-state index in [1.54, 1.807) is 13.0 Å². The van der Waals surface area contributed by atoms with Crippen molar-refractivity contribution < 1.29 is 13.2 Å². The van der Waals surface area contributed by atoms with Gasteiger partial charge in [-0.2, -0.15) is 18.3 Å². The fourth-order valence-electron chi connectivity index (χ4n) is 1.27. The van der Waals surface area contributed by atoms with Crippen LogP contribution < -0.4 is 5.73 Å². The monoisotopic (exact) mass is 216 g/mol. The normalized spacial score (nSPS) is 12.3. The van der Waals surface area contributed by atoms with Crippen LogP contribution in [-0.4, -0.2) is 14.6 Å². The molecule has 0 saturated heterocycles. The van der Waals surface area contributed by atoms with Crippen LogP contribution in [0.2, 0.25) is 0 Å². The van der Waals surface area contributed by atoms with Crippen molar-refractivity contribution in [3.63, 3.8) is 0 Å². The predicted molar refractivity (Wildman–Crippen MR) is 47.1 cm³/mol. The quantitative estimate of drug-likeness (QED) is 0.728. The minimum Gasteiger partial charge on any atom is -0.382 e. The molecule has 0 fully saturated rings. The number of rotatable bonds is 0. The zero-order chi connectivity index (χ0) is 11.2. The molecule has 2 N–H and O–H groups in total. The maximum atomic E-state index is 12.5. The number of imidazole rings is 1. The first-order chi connectivity index (χ1) is 6.89. The maximum absolute atomic E-state index is 12.5. The topological polar surface area (TPSA) is 56.2 Å². The molecule has 0 aliphatic rings. The Balaban J connectivity index is 2.81. The molecule has 4 nitrogen and oxygen atoms in total. The van der Waals surface area contributed by atoms with Gasteiger partial charge in [0.05, 0.1) is 5.69 Å². The molecule has 2 aromatic rings. The Hall–Kier alpha value is -1.79. The fourth-order valence-corrected chi connectivity index (χ4v) is 1.27. The summed E-state index contributed by atoms with van der Waals surface area (Å²) in [5, 5.41) is 3.72. The molecule has 0 radical (unpaired) electrons. The zero-order valence-corrected chi connectivity index (χ0v) is 7.71. The number of fused-ring (bicyclic) bond motifs is 1. The molecule has 2 heterocycles. The second-order valence-corrected chi connectivity index (χ2v) is 3.09. The summed E-state index contributed by atoms with van der Waals surface area (Å²) in [4.78, 5) is 3.26. The first-order valence-electron chi connectivity index (χ1n) is 4.08. The Morgan fingerprint density at radius 2 is 2.00 bits per heavy atom. The summed E-state index contributed by atoms with van der Waals surface area (Å²) in [5.41, 5.74) is 5.98. The van der Waals surface area contributed by atoms with Gasteiger partial charge >= 0.3 is 6.18 Å². The van der Waals surface area contributed by atoms with Gasteiger partial charge in [0, 0.05) is 0 Å². The number of nitrogen functional groups attached to an aromatic ring is 1. The standard InChI is InChI=1S/C8H7F3N4/c1-4-2-3-5-6(12)13-7(8(9,10)11)15(5)14-4/h2-3H,12H2,1H3. The van der Waals surface area contributed by atoms with Crippen LogP contribution in [0, 0.1) is 6.92 Å². The molecule has 2 rings (SSSR count). The summed E-state index contributed by atoms with van der Waals surface area (Å²) in [6.07, 6.45) is -4.55. The number of nitrogens with two attached hydrogens (primary N) is 1. The molecule has 0 aliphatic carbocycles. The average molecular weight is 216 g/mol. The van der Waals surface area contributed by atoms with Crippen LogP contribution in [0.5, 0.6) is 0 Å². The van der Waals surface area contributed by atoms with E-state index < -0.39 is 12.0 Å². The number of anilines is 1. The number of alkyl halides is 3. The van der Waals surface area contributed by atoms with E-state index in [0.29, 0.717) is 10.2 Å². The lowest BCUT2D eigenvalue weighted by molar-refractivity contribution is -0.145. The summed E-state index contributed by atoms with van der Waals surface area (Å²) in [7, 11) is 0. The molecule has 0 aliphatic heterocycles. The van der Waals surface area contributed by atoms with Crippen molar-refractivity contribution in [2.75, 3.05) is 5.73 Å². The minimum atomic E-state index is -4.55. The van der Waals surface area contributed by atoms with Gasteiger partial charge < -0.3 is 5.73 Å². The molecule has 0 amide bonds. The van der Waals surface area contributed by atoms with Gasteiger partial charge in [-0.15, -0.1) is 0 Å². The van der Waals surface area contributed by atoms with Crippen LogP contribution in [0.1, 0.15) is 11.5 Å². The molecule has 0 unspecified atom stereocenters. The molecular weight excluding hydrogens is 209 g/mol. The lowest BCUT2D eigenvalue weighted by Gasteiger charge is -2.03.